The molecular formula is C23H25ClN2O5. The highest BCUT2D eigenvalue weighted by Crippen LogP contribution is 2.41. The number of hydrogen-bond acceptors (Lipinski definition) is 6. The van der Waals surface area contributed by atoms with Gasteiger partial charge in [0.15, 0.2) is 0 Å². The molecule has 31 heavy (non-hydrogen) atoms. The van der Waals surface area contributed by atoms with Crippen molar-refractivity contribution in [3.8, 4) is 11.5 Å². The number of nitrogens with zero attached hydrogens (tertiary/aromatic N) is 2. The van der Waals surface area contributed by atoms with Gasteiger partial charge < -0.3 is 24.7 Å². The minimum absolute atomic E-state index is 0.0286. The van der Waals surface area contributed by atoms with E-state index in [9.17, 15) is 19.8 Å². The number of Topliss-reactive ketones (excluding diaryl/α,β-unsaturated/α-hetero) is 1. The first-order chi connectivity index (χ1) is 14.7. The predicted octanol–water partition coefficient (Wildman–Crippen LogP) is 3.43. The van der Waals surface area contributed by atoms with E-state index in [2.05, 4.69) is 0 Å². The molecule has 0 radical (unpaired) electrons. The fraction of sp³-hybridized carbons (Fsp3) is 0.304. The molecule has 0 spiro atoms. The largest absolute Gasteiger partial charge is 0.507 e. The fourth-order valence-electron chi connectivity index (χ4n) is 3.51. The van der Waals surface area contributed by atoms with E-state index in [1.807, 2.05) is 25.9 Å². The zero-order valence-electron chi connectivity index (χ0n) is 17.6. The van der Waals surface area contributed by atoms with Crippen molar-refractivity contribution < 1.29 is 24.5 Å². The number of carbonyl (C=O) groups excluding carboxylic acids is 2. The average molecular weight is 445 g/mol. The maximum atomic E-state index is 13.0. The first-order valence-electron chi connectivity index (χ1n) is 9.89. The fourth-order valence-corrected chi connectivity index (χ4v) is 3.70. The topological polar surface area (TPSA) is 90.3 Å². The number of phenolic OH excluding ortho intramolecular Hbond substituents is 1. The molecule has 2 aromatic carbocycles. The van der Waals surface area contributed by atoms with E-state index in [-0.39, 0.29) is 28.6 Å². The van der Waals surface area contributed by atoms with Crippen molar-refractivity contribution >= 4 is 29.1 Å². The summed E-state index contributed by atoms with van der Waals surface area (Å²) in [6.07, 6.45) is 0. The molecule has 0 bridgehead atoms. The van der Waals surface area contributed by atoms with Gasteiger partial charge in [-0.1, -0.05) is 29.8 Å². The van der Waals surface area contributed by atoms with Crippen LogP contribution in [0, 0.1) is 0 Å². The van der Waals surface area contributed by atoms with Crippen LogP contribution in [0.25, 0.3) is 5.76 Å². The molecular weight excluding hydrogens is 420 g/mol. The number of aromatic hydroxyl groups is 1. The van der Waals surface area contributed by atoms with E-state index >= 15 is 0 Å². The minimum atomic E-state index is -0.839. The Labute approximate surface area is 186 Å². The van der Waals surface area contributed by atoms with E-state index in [0.29, 0.717) is 30.0 Å². The highest BCUT2D eigenvalue weighted by Gasteiger charge is 2.46. The second kappa shape index (κ2) is 9.41. The van der Waals surface area contributed by atoms with E-state index in [0.717, 1.165) is 0 Å². The average Bonchev–Trinajstić information content (AvgIpc) is 2.99. The van der Waals surface area contributed by atoms with Crippen LogP contribution in [0.3, 0.4) is 0 Å². The summed E-state index contributed by atoms with van der Waals surface area (Å²) >= 11 is 6.10. The zero-order chi connectivity index (χ0) is 22.7. The van der Waals surface area contributed by atoms with Gasteiger partial charge in [-0.3, -0.25) is 9.59 Å². The van der Waals surface area contributed by atoms with Gasteiger partial charge >= 0.3 is 0 Å². The van der Waals surface area contributed by atoms with Crippen molar-refractivity contribution in [3.63, 3.8) is 0 Å². The third-order valence-corrected chi connectivity index (χ3v) is 5.34. The molecule has 0 saturated carbocycles. The Kier molecular flexibility index (Phi) is 6.87. The lowest BCUT2D eigenvalue weighted by Crippen LogP contribution is -2.35. The van der Waals surface area contributed by atoms with Gasteiger partial charge in [0.2, 0.25) is 0 Å². The SMILES string of the molecule is CCOc1cccc(/C(O)=C2/C(=O)C(=O)N(CCN(C)C)C2c2ccc(O)c(Cl)c2)c1. The Bertz CT molecular complexity index is 1030. The highest BCUT2D eigenvalue weighted by atomic mass is 35.5. The van der Waals surface area contributed by atoms with Crippen LogP contribution >= 0.6 is 11.6 Å². The zero-order valence-corrected chi connectivity index (χ0v) is 18.4. The maximum Gasteiger partial charge on any atom is 0.295 e. The lowest BCUT2D eigenvalue weighted by molar-refractivity contribution is -0.140. The number of hydrogen-bond donors (Lipinski definition) is 2. The smallest absolute Gasteiger partial charge is 0.295 e. The van der Waals surface area contributed by atoms with Crippen LogP contribution in [0.1, 0.15) is 24.1 Å². The predicted molar refractivity (Wildman–Crippen MR) is 118 cm³/mol. The standard InChI is InChI=1S/C23H25ClN2O5/c1-4-31-16-7-5-6-15(12-16)21(28)19-20(14-8-9-18(27)17(24)13-14)26(11-10-25(2)3)23(30)22(19)29/h5-9,12-13,20,27-28H,4,10-11H2,1-3H3/b21-19-. The summed E-state index contributed by atoms with van der Waals surface area (Å²) in [6, 6.07) is 10.4. The van der Waals surface area contributed by atoms with E-state index < -0.39 is 17.7 Å². The number of likely N-dealkylation sites (N-methyl/N-ethyl adjacent to an activating group) is 1. The number of ketones is 1. The molecule has 1 atom stereocenters. The van der Waals surface area contributed by atoms with Crippen molar-refractivity contribution in [2.24, 2.45) is 0 Å². The molecule has 7 nitrogen and oxygen atoms in total. The quantitative estimate of drug-likeness (QED) is 0.386. The Morgan fingerprint density at radius 1 is 1.19 bits per heavy atom. The van der Waals surface area contributed by atoms with Gasteiger partial charge in [-0.25, -0.2) is 0 Å². The second-order valence-corrected chi connectivity index (χ2v) is 7.87. The molecule has 2 N–H and O–H groups in total. The number of ether oxygens (including phenoxy) is 1. The molecule has 1 aliphatic heterocycles. The van der Waals surface area contributed by atoms with Crippen LogP contribution < -0.4 is 4.74 Å². The third-order valence-electron chi connectivity index (χ3n) is 5.03. The van der Waals surface area contributed by atoms with Gasteiger partial charge in [0.05, 0.1) is 23.2 Å². The first-order valence-corrected chi connectivity index (χ1v) is 10.3. The molecule has 164 valence electrons. The van der Waals surface area contributed by atoms with Gasteiger partial charge in [0.1, 0.15) is 17.3 Å². The van der Waals surface area contributed by atoms with Crippen molar-refractivity contribution in [3.05, 3.63) is 64.2 Å². The Morgan fingerprint density at radius 3 is 2.58 bits per heavy atom. The van der Waals surface area contributed by atoms with E-state index in [4.69, 9.17) is 16.3 Å². The van der Waals surface area contributed by atoms with E-state index in [1.54, 1.807) is 30.3 Å². The number of phenols is 1. The summed E-state index contributed by atoms with van der Waals surface area (Å²) in [6.45, 7) is 3.09. The molecule has 2 aromatic rings. The summed E-state index contributed by atoms with van der Waals surface area (Å²) in [5.41, 5.74) is 0.855. The summed E-state index contributed by atoms with van der Waals surface area (Å²) in [5, 5.41) is 21.0. The number of amides is 1. The third kappa shape index (κ3) is 4.68. The number of rotatable bonds is 7. The normalized spacial score (nSPS) is 18.1. The molecule has 1 saturated heterocycles. The summed E-state index contributed by atoms with van der Waals surface area (Å²) in [5.74, 6) is -1.33. The van der Waals surface area contributed by atoms with Gasteiger partial charge in [0, 0.05) is 18.7 Å². The highest BCUT2D eigenvalue weighted by molar-refractivity contribution is 6.46. The van der Waals surface area contributed by atoms with Gasteiger partial charge in [-0.15, -0.1) is 0 Å². The maximum absolute atomic E-state index is 13.0. The van der Waals surface area contributed by atoms with Gasteiger partial charge in [-0.2, -0.15) is 0 Å². The molecule has 1 aliphatic rings. The van der Waals surface area contributed by atoms with Crippen LogP contribution in [0.5, 0.6) is 11.5 Å². The lowest BCUT2D eigenvalue weighted by atomic mass is 9.95. The Morgan fingerprint density at radius 2 is 1.94 bits per heavy atom. The minimum Gasteiger partial charge on any atom is -0.507 e. The van der Waals surface area contributed by atoms with Crippen molar-refractivity contribution in [2.75, 3.05) is 33.8 Å². The van der Waals surface area contributed by atoms with Crippen LogP contribution in [0.2, 0.25) is 5.02 Å². The monoisotopic (exact) mass is 444 g/mol. The van der Waals surface area contributed by atoms with Crippen molar-refractivity contribution in [1.82, 2.24) is 9.80 Å². The molecule has 8 heteroatoms. The van der Waals surface area contributed by atoms with Crippen LogP contribution in [0.4, 0.5) is 0 Å². The van der Waals surface area contributed by atoms with Crippen molar-refractivity contribution in [1.29, 1.82) is 0 Å². The number of carbonyl (C=O) groups is 2. The van der Waals surface area contributed by atoms with Gasteiger partial charge in [-0.05, 0) is 50.8 Å². The first kappa shape index (κ1) is 22.7. The molecule has 3 rings (SSSR count). The van der Waals surface area contributed by atoms with Crippen LogP contribution in [-0.2, 0) is 9.59 Å². The molecule has 1 fully saturated rings. The number of halogens is 1. The molecule has 1 heterocycles. The summed E-state index contributed by atoms with van der Waals surface area (Å²) in [4.78, 5) is 29.2. The number of aliphatic hydroxyl groups is 1. The summed E-state index contributed by atoms with van der Waals surface area (Å²) in [7, 11) is 3.73. The van der Waals surface area contributed by atoms with Gasteiger partial charge in [0.25, 0.3) is 11.7 Å². The summed E-state index contributed by atoms with van der Waals surface area (Å²) < 4.78 is 5.49. The second-order valence-electron chi connectivity index (χ2n) is 7.47. The van der Waals surface area contributed by atoms with E-state index in [1.165, 1.54) is 17.0 Å². The van der Waals surface area contributed by atoms with Crippen LogP contribution in [0.15, 0.2) is 48.0 Å². The number of likely N-dealkylation sites (tertiary alicyclic amines) is 1. The Hall–Kier alpha value is -3.03. The number of aliphatic hydroxyl groups excluding tert-OH is 1. The molecule has 0 aromatic heterocycles. The molecule has 1 amide bonds. The molecule has 1 unspecified atom stereocenters. The molecule has 0 aliphatic carbocycles. The Balaban J connectivity index is 2.16. The van der Waals surface area contributed by atoms with Crippen molar-refractivity contribution in [2.45, 2.75) is 13.0 Å². The van der Waals surface area contributed by atoms with Crippen LogP contribution in [-0.4, -0.2) is 65.5 Å². The number of benzene rings is 2. The lowest BCUT2D eigenvalue weighted by Gasteiger charge is -2.26.